The van der Waals surface area contributed by atoms with Crippen LogP contribution < -0.4 is 0 Å². The lowest BCUT2D eigenvalue weighted by molar-refractivity contribution is -0.236. The molecule has 0 bridgehead atoms. The summed E-state index contributed by atoms with van der Waals surface area (Å²) >= 11 is 0. The molecule has 0 N–H and O–H groups in total. The summed E-state index contributed by atoms with van der Waals surface area (Å²) in [6.07, 6.45) is -2.65. The molecule has 24 heavy (non-hydrogen) atoms. The number of hydrogen-bond donors (Lipinski definition) is 0. The molecule has 2 aliphatic heterocycles. The highest BCUT2D eigenvalue weighted by Crippen LogP contribution is 2.40. The summed E-state index contributed by atoms with van der Waals surface area (Å²) in [5.41, 5.74) is 0. The van der Waals surface area contributed by atoms with Gasteiger partial charge < -0.3 is 18.9 Å². The molecule has 0 aromatic heterocycles. The lowest BCUT2D eigenvalue weighted by atomic mass is 10.1. The lowest BCUT2D eigenvalue weighted by Gasteiger charge is -2.27. The SMILES string of the molecule is CO[C@@H]1O[C@H]([C@@H](COS(C)(=O)=O)OS(C)(=O)=O)[C@H]2OC(C)(C)O[C@@H]12. The minimum Gasteiger partial charge on any atom is -0.353 e. The van der Waals surface area contributed by atoms with Crippen LogP contribution in [0.5, 0.6) is 0 Å². The van der Waals surface area contributed by atoms with Crippen molar-refractivity contribution in [3.05, 3.63) is 0 Å². The van der Waals surface area contributed by atoms with E-state index >= 15 is 0 Å². The molecular formula is C12H22O10S2. The van der Waals surface area contributed by atoms with Gasteiger partial charge in [0.25, 0.3) is 20.2 Å². The molecule has 2 saturated heterocycles. The largest absolute Gasteiger partial charge is 0.353 e. The maximum absolute atomic E-state index is 11.5. The molecule has 0 aromatic carbocycles. The smallest absolute Gasteiger partial charge is 0.264 e. The first kappa shape index (κ1) is 20.0. The quantitative estimate of drug-likeness (QED) is 0.510. The van der Waals surface area contributed by atoms with Crippen LogP contribution in [0.3, 0.4) is 0 Å². The molecule has 0 aromatic rings. The zero-order chi connectivity index (χ0) is 18.3. The van der Waals surface area contributed by atoms with Crippen LogP contribution in [0.25, 0.3) is 0 Å². The molecule has 2 rings (SSSR count). The van der Waals surface area contributed by atoms with Crippen LogP contribution in [0.4, 0.5) is 0 Å². The van der Waals surface area contributed by atoms with Gasteiger partial charge in [-0.3, -0.25) is 8.37 Å². The molecule has 142 valence electrons. The van der Waals surface area contributed by atoms with Crippen molar-refractivity contribution in [2.24, 2.45) is 0 Å². The van der Waals surface area contributed by atoms with Crippen molar-refractivity contribution in [2.45, 2.75) is 50.3 Å². The van der Waals surface area contributed by atoms with Gasteiger partial charge >= 0.3 is 0 Å². The Labute approximate surface area is 141 Å². The van der Waals surface area contributed by atoms with E-state index < -0.39 is 63.3 Å². The Bertz CT molecular complexity index is 655. The van der Waals surface area contributed by atoms with E-state index in [-0.39, 0.29) is 0 Å². The van der Waals surface area contributed by atoms with Crippen molar-refractivity contribution in [3.8, 4) is 0 Å². The summed E-state index contributed by atoms with van der Waals surface area (Å²) in [6.45, 7) is 2.82. The zero-order valence-corrected chi connectivity index (χ0v) is 15.6. The predicted octanol–water partition coefficient (Wildman–Crippen LogP) is -0.801. The van der Waals surface area contributed by atoms with Gasteiger partial charge in [-0.25, -0.2) is 0 Å². The van der Waals surface area contributed by atoms with Crippen molar-refractivity contribution in [3.63, 3.8) is 0 Å². The van der Waals surface area contributed by atoms with Gasteiger partial charge in [-0.1, -0.05) is 0 Å². The van der Waals surface area contributed by atoms with Gasteiger partial charge in [-0.2, -0.15) is 16.8 Å². The second-order valence-corrected chi connectivity index (χ2v) is 9.34. The van der Waals surface area contributed by atoms with Gasteiger partial charge in [-0.05, 0) is 13.8 Å². The Hall–Kier alpha value is -0.340. The first-order valence-electron chi connectivity index (χ1n) is 7.08. The standard InChI is InChI=1S/C12H22O10S2/c1-12(2)20-9-8(19-11(17-3)10(9)21-12)7(22-24(5,15)16)6-18-23(4,13)14/h7-11H,6H2,1-5H3/t7-,8-,9-,10-,11-/m1/s1. The second kappa shape index (κ2) is 6.76. The van der Waals surface area contributed by atoms with E-state index in [9.17, 15) is 16.8 Å². The molecule has 2 heterocycles. The average molecular weight is 390 g/mol. The van der Waals surface area contributed by atoms with Gasteiger partial charge in [0.1, 0.15) is 24.4 Å². The summed E-state index contributed by atoms with van der Waals surface area (Å²) in [4.78, 5) is 0. The summed E-state index contributed by atoms with van der Waals surface area (Å²) in [6, 6.07) is 0. The Morgan fingerprint density at radius 1 is 1.04 bits per heavy atom. The van der Waals surface area contributed by atoms with E-state index in [0.717, 1.165) is 12.5 Å². The number of methoxy groups -OCH3 is 1. The predicted molar refractivity (Wildman–Crippen MR) is 80.0 cm³/mol. The molecule has 2 fully saturated rings. The van der Waals surface area contributed by atoms with Crippen molar-refractivity contribution in [1.29, 1.82) is 0 Å². The van der Waals surface area contributed by atoms with E-state index in [1.54, 1.807) is 13.8 Å². The van der Waals surface area contributed by atoms with E-state index in [2.05, 4.69) is 4.18 Å². The fourth-order valence-electron chi connectivity index (χ4n) is 2.67. The summed E-state index contributed by atoms with van der Waals surface area (Å²) in [7, 11) is -6.30. The Kier molecular flexibility index (Phi) is 5.63. The molecule has 10 nitrogen and oxygen atoms in total. The fraction of sp³-hybridized carbons (Fsp3) is 1.00. The van der Waals surface area contributed by atoms with E-state index in [1.807, 2.05) is 0 Å². The molecule has 0 spiro atoms. The summed E-state index contributed by atoms with van der Waals surface area (Å²) in [5, 5.41) is 0. The maximum atomic E-state index is 11.5. The molecule has 0 aliphatic carbocycles. The number of hydrogen-bond acceptors (Lipinski definition) is 10. The molecule has 0 unspecified atom stereocenters. The molecule has 5 atom stereocenters. The van der Waals surface area contributed by atoms with Gasteiger partial charge in [0.2, 0.25) is 0 Å². The summed E-state index contributed by atoms with van der Waals surface area (Å²) < 4.78 is 77.3. The Balaban J connectivity index is 2.24. The van der Waals surface area contributed by atoms with Crippen molar-refractivity contribution < 1.29 is 44.1 Å². The number of rotatable bonds is 7. The van der Waals surface area contributed by atoms with Crippen LogP contribution in [-0.4, -0.2) is 79.6 Å². The molecule has 0 saturated carbocycles. The topological polar surface area (TPSA) is 124 Å². The van der Waals surface area contributed by atoms with Crippen LogP contribution >= 0.6 is 0 Å². The van der Waals surface area contributed by atoms with E-state index in [4.69, 9.17) is 23.1 Å². The van der Waals surface area contributed by atoms with Gasteiger partial charge in [0.05, 0.1) is 19.1 Å². The van der Waals surface area contributed by atoms with Crippen LogP contribution in [0.2, 0.25) is 0 Å². The zero-order valence-electron chi connectivity index (χ0n) is 14.0. The third-order valence-electron chi connectivity index (χ3n) is 3.39. The molecule has 12 heteroatoms. The van der Waals surface area contributed by atoms with Gasteiger partial charge in [0.15, 0.2) is 12.1 Å². The van der Waals surface area contributed by atoms with Crippen molar-refractivity contribution in [1.82, 2.24) is 0 Å². The van der Waals surface area contributed by atoms with Crippen molar-refractivity contribution in [2.75, 3.05) is 26.2 Å². The third kappa shape index (κ3) is 5.08. The third-order valence-corrected chi connectivity index (χ3v) is 4.55. The van der Waals surface area contributed by atoms with Crippen LogP contribution in [-0.2, 0) is 47.5 Å². The monoisotopic (exact) mass is 390 g/mol. The fourth-order valence-corrected chi connectivity index (χ4v) is 3.67. The first-order chi connectivity index (χ1) is 10.8. The van der Waals surface area contributed by atoms with Crippen LogP contribution in [0.15, 0.2) is 0 Å². The summed E-state index contributed by atoms with van der Waals surface area (Å²) in [5.74, 6) is -0.929. The van der Waals surface area contributed by atoms with Crippen LogP contribution in [0.1, 0.15) is 13.8 Å². The maximum Gasteiger partial charge on any atom is 0.264 e. The molecule has 2 aliphatic rings. The van der Waals surface area contributed by atoms with E-state index in [0.29, 0.717) is 0 Å². The highest BCUT2D eigenvalue weighted by Gasteiger charge is 2.58. The second-order valence-electron chi connectivity index (χ2n) is 6.10. The number of ether oxygens (including phenoxy) is 4. The molecule has 0 radical (unpaired) electrons. The van der Waals surface area contributed by atoms with E-state index in [1.165, 1.54) is 7.11 Å². The Morgan fingerprint density at radius 3 is 2.12 bits per heavy atom. The number of fused-ring (bicyclic) bond motifs is 1. The molecular weight excluding hydrogens is 368 g/mol. The first-order valence-corrected chi connectivity index (χ1v) is 10.7. The molecule has 0 amide bonds. The van der Waals surface area contributed by atoms with Crippen LogP contribution in [0, 0.1) is 0 Å². The highest BCUT2D eigenvalue weighted by atomic mass is 32.2. The average Bonchev–Trinajstić information content (AvgIpc) is 2.85. The van der Waals surface area contributed by atoms with Gasteiger partial charge in [-0.15, -0.1) is 0 Å². The minimum atomic E-state index is -3.90. The normalized spacial score (nSPS) is 34.2. The highest BCUT2D eigenvalue weighted by molar-refractivity contribution is 7.86. The van der Waals surface area contributed by atoms with Gasteiger partial charge in [0, 0.05) is 7.11 Å². The minimum absolute atomic E-state index is 0.556. The Morgan fingerprint density at radius 2 is 1.62 bits per heavy atom. The lowest BCUT2D eigenvalue weighted by Crippen LogP contribution is -2.43. The van der Waals surface area contributed by atoms with Crippen molar-refractivity contribution >= 4 is 20.2 Å².